The van der Waals surface area contributed by atoms with Crippen LogP contribution >= 0.6 is 22.9 Å². The number of hydrogen-bond donors (Lipinski definition) is 1. The standard InChI is InChI=1S/C11H12ClN3OS/c1-7(9-4-3-5-17-9)14-10-8(12)6-13-11(15-10)16-2/h3-7H,1-2H3,(H,13,14,15). The topological polar surface area (TPSA) is 47.0 Å². The molecule has 0 aromatic carbocycles. The van der Waals surface area contributed by atoms with E-state index in [9.17, 15) is 0 Å². The first-order chi connectivity index (χ1) is 8.20. The number of nitrogens with zero attached hydrogens (tertiary/aromatic N) is 2. The summed E-state index contributed by atoms with van der Waals surface area (Å²) in [6.07, 6.45) is 1.52. The fraction of sp³-hybridized carbons (Fsp3) is 0.273. The molecule has 0 bridgehead atoms. The summed E-state index contributed by atoms with van der Waals surface area (Å²) in [5.41, 5.74) is 0. The Labute approximate surface area is 109 Å². The van der Waals surface area contributed by atoms with Crippen LogP contribution in [-0.4, -0.2) is 17.1 Å². The van der Waals surface area contributed by atoms with E-state index >= 15 is 0 Å². The van der Waals surface area contributed by atoms with Crippen molar-refractivity contribution in [3.8, 4) is 6.01 Å². The fourth-order valence-electron chi connectivity index (χ4n) is 1.36. The molecule has 0 aliphatic rings. The van der Waals surface area contributed by atoms with Crippen LogP contribution in [0, 0.1) is 0 Å². The molecule has 0 amide bonds. The highest BCUT2D eigenvalue weighted by atomic mass is 35.5. The lowest BCUT2D eigenvalue weighted by Crippen LogP contribution is -2.08. The number of aromatic nitrogens is 2. The van der Waals surface area contributed by atoms with E-state index in [1.54, 1.807) is 11.3 Å². The van der Waals surface area contributed by atoms with E-state index in [-0.39, 0.29) is 6.04 Å². The molecule has 0 aliphatic heterocycles. The van der Waals surface area contributed by atoms with E-state index in [0.717, 1.165) is 0 Å². The zero-order valence-electron chi connectivity index (χ0n) is 9.48. The Hall–Kier alpha value is -1.33. The maximum absolute atomic E-state index is 6.02. The first kappa shape index (κ1) is 12.1. The van der Waals surface area contributed by atoms with Crippen LogP contribution < -0.4 is 10.1 Å². The maximum atomic E-state index is 6.02. The molecule has 17 heavy (non-hydrogen) atoms. The van der Waals surface area contributed by atoms with E-state index in [2.05, 4.69) is 28.3 Å². The Morgan fingerprint density at radius 3 is 3.00 bits per heavy atom. The molecule has 0 aliphatic carbocycles. The number of anilines is 1. The minimum atomic E-state index is 0.145. The number of rotatable bonds is 4. The van der Waals surface area contributed by atoms with E-state index in [1.807, 2.05) is 11.4 Å². The van der Waals surface area contributed by atoms with Crippen LogP contribution in [0.15, 0.2) is 23.7 Å². The van der Waals surface area contributed by atoms with Crippen LogP contribution in [0.3, 0.4) is 0 Å². The van der Waals surface area contributed by atoms with Gasteiger partial charge in [-0.15, -0.1) is 11.3 Å². The van der Waals surface area contributed by atoms with Crippen molar-refractivity contribution < 1.29 is 4.74 Å². The zero-order chi connectivity index (χ0) is 12.3. The molecule has 90 valence electrons. The molecule has 0 radical (unpaired) electrons. The van der Waals surface area contributed by atoms with Gasteiger partial charge in [-0.25, -0.2) is 4.98 Å². The van der Waals surface area contributed by atoms with Crippen LogP contribution in [0.5, 0.6) is 6.01 Å². The van der Waals surface area contributed by atoms with Gasteiger partial charge in [0.1, 0.15) is 5.02 Å². The van der Waals surface area contributed by atoms with Gasteiger partial charge in [-0.3, -0.25) is 0 Å². The molecule has 1 atom stereocenters. The Morgan fingerprint density at radius 2 is 2.35 bits per heavy atom. The summed E-state index contributed by atoms with van der Waals surface area (Å²) < 4.78 is 4.96. The van der Waals surface area contributed by atoms with Gasteiger partial charge < -0.3 is 10.1 Å². The highest BCUT2D eigenvalue weighted by molar-refractivity contribution is 7.10. The minimum Gasteiger partial charge on any atom is -0.467 e. The third-order valence-electron chi connectivity index (χ3n) is 2.23. The van der Waals surface area contributed by atoms with Gasteiger partial charge in [0.25, 0.3) is 0 Å². The maximum Gasteiger partial charge on any atom is 0.318 e. The Kier molecular flexibility index (Phi) is 3.81. The largest absolute Gasteiger partial charge is 0.467 e. The number of thiophene rings is 1. The van der Waals surface area contributed by atoms with Gasteiger partial charge in [-0.05, 0) is 18.4 Å². The van der Waals surface area contributed by atoms with E-state index in [1.165, 1.54) is 18.2 Å². The second-order valence-electron chi connectivity index (χ2n) is 3.43. The molecule has 4 nitrogen and oxygen atoms in total. The van der Waals surface area contributed by atoms with Crippen molar-refractivity contribution in [2.45, 2.75) is 13.0 Å². The second-order valence-corrected chi connectivity index (χ2v) is 4.82. The van der Waals surface area contributed by atoms with Gasteiger partial charge in [0.05, 0.1) is 19.3 Å². The Morgan fingerprint density at radius 1 is 1.53 bits per heavy atom. The van der Waals surface area contributed by atoms with Crippen LogP contribution in [0.2, 0.25) is 5.02 Å². The lowest BCUT2D eigenvalue weighted by molar-refractivity contribution is 0.380. The summed E-state index contributed by atoms with van der Waals surface area (Å²) in [5.74, 6) is 0.583. The Bertz CT molecular complexity index is 489. The highest BCUT2D eigenvalue weighted by Gasteiger charge is 2.11. The van der Waals surface area contributed by atoms with Crippen molar-refractivity contribution in [1.82, 2.24) is 9.97 Å². The Balaban J connectivity index is 2.18. The van der Waals surface area contributed by atoms with Gasteiger partial charge in [-0.2, -0.15) is 4.98 Å². The predicted octanol–water partition coefficient (Wildman–Crippen LogP) is 3.37. The van der Waals surface area contributed by atoms with Gasteiger partial charge in [-0.1, -0.05) is 17.7 Å². The second kappa shape index (κ2) is 5.33. The molecule has 0 saturated carbocycles. The summed E-state index contributed by atoms with van der Waals surface area (Å²) >= 11 is 7.70. The van der Waals surface area contributed by atoms with E-state index in [4.69, 9.17) is 16.3 Å². The number of ether oxygens (including phenoxy) is 1. The summed E-state index contributed by atoms with van der Waals surface area (Å²) in [6, 6.07) is 4.53. The van der Waals surface area contributed by atoms with Crippen LogP contribution in [0.1, 0.15) is 17.8 Å². The van der Waals surface area contributed by atoms with Crippen LogP contribution in [0.4, 0.5) is 5.82 Å². The monoisotopic (exact) mass is 269 g/mol. The average Bonchev–Trinajstić information content (AvgIpc) is 2.85. The summed E-state index contributed by atoms with van der Waals surface area (Å²) in [4.78, 5) is 9.31. The molecular formula is C11H12ClN3OS. The average molecular weight is 270 g/mol. The summed E-state index contributed by atoms with van der Waals surface area (Å²) in [5, 5.41) is 5.75. The lowest BCUT2D eigenvalue weighted by Gasteiger charge is -2.14. The van der Waals surface area contributed by atoms with Crippen molar-refractivity contribution in [1.29, 1.82) is 0 Å². The molecule has 6 heteroatoms. The van der Waals surface area contributed by atoms with Crippen LogP contribution in [-0.2, 0) is 0 Å². The van der Waals surface area contributed by atoms with Gasteiger partial charge in [0.15, 0.2) is 5.82 Å². The van der Waals surface area contributed by atoms with Crippen molar-refractivity contribution in [3.05, 3.63) is 33.6 Å². The van der Waals surface area contributed by atoms with Crippen molar-refractivity contribution in [2.75, 3.05) is 12.4 Å². The molecular weight excluding hydrogens is 258 g/mol. The molecule has 2 aromatic rings. The van der Waals surface area contributed by atoms with Crippen LogP contribution in [0.25, 0.3) is 0 Å². The van der Waals surface area contributed by atoms with E-state index in [0.29, 0.717) is 16.9 Å². The third-order valence-corrected chi connectivity index (χ3v) is 3.56. The number of nitrogens with one attached hydrogen (secondary N) is 1. The molecule has 0 saturated heterocycles. The molecule has 1 unspecified atom stereocenters. The van der Waals surface area contributed by atoms with Crippen molar-refractivity contribution in [3.63, 3.8) is 0 Å². The fourth-order valence-corrected chi connectivity index (χ4v) is 2.24. The predicted molar refractivity (Wildman–Crippen MR) is 70.0 cm³/mol. The first-order valence-corrected chi connectivity index (χ1v) is 6.33. The SMILES string of the molecule is COc1ncc(Cl)c(NC(C)c2cccs2)n1. The number of hydrogen-bond acceptors (Lipinski definition) is 5. The first-order valence-electron chi connectivity index (χ1n) is 5.07. The zero-order valence-corrected chi connectivity index (χ0v) is 11.0. The van der Waals surface area contributed by atoms with Crippen molar-refractivity contribution >= 4 is 28.8 Å². The van der Waals surface area contributed by atoms with Gasteiger partial charge >= 0.3 is 6.01 Å². The quantitative estimate of drug-likeness (QED) is 0.924. The summed E-state index contributed by atoms with van der Waals surface area (Å²) in [7, 11) is 1.52. The smallest absolute Gasteiger partial charge is 0.318 e. The number of methoxy groups -OCH3 is 1. The highest BCUT2D eigenvalue weighted by Crippen LogP contribution is 2.26. The van der Waals surface area contributed by atoms with E-state index < -0.39 is 0 Å². The molecule has 1 N–H and O–H groups in total. The molecule has 2 heterocycles. The molecule has 0 fully saturated rings. The molecule has 0 spiro atoms. The lowest BCUT2D eigenvalue weighted by atomic mass is 10.3. The molecule has 2 rings (SSSR count). The number of halogens is 1. The minimum absolute atomic E-state index is 0.145. The summed E-state index contributed by atoms with van der Waals surface area (Å²) in [6.45, 7) is 2.05. The van der Waals surface area contributed by atoms with Gasteiger partial charge in [0, 0.05) is 4.88 Å². The van der Waals surface area contributed by atoms with Gasteiger partial charge in [0.2, 0.25) is 0 Å². The third kappa shape index (κ3) is 2.87. The normalized spacial score (nSPS) is 12.2. The molecule has 2 aromatic heterocycles. The van der Waals surface area contributed by atoms with Crippen molar-refractivity contribution in [2.24, 2.45) is 0 Å².